The number of rotatable bonds is 3. The smallest absolute Gasteiger partial charge is 0.368 e. The summed E-state index contributed by atoms with van der Waals surface area (Å²) in [5.74, 6) is -1.68. The Morgan fingerprint density at radius 3 is 2.55 bits per heavy atom. The van der Waals surface area contributed by atoms with Gasteiger partial charge >= 0.3 is 12.2 Å². The number of urea groups is 1. The number of carbonyl (C=O) groups is 1. The highest BCUT2D eigenvalue weighted by Crippen LogP contribution is 2.37. The van der Waals surface area contributed by atoms with Gasteiger partial charge in [-0.15, -0.1) is 0 Å². The number of nitrogens with zero attached hydrogens (tertiary/aromatic N) is 4. The van der Waals surface area contributed by atoms with Gasteiger partial charge in [0, 0.05) is 55.2 Å². The number of amides is 2. The number of likely N-dealkylation sites (tertiary alicyclic amines) is 1. The molecular formula is C22H24F5N5O. The summed E-state index contributed by atoms with van der Waals surface area (Å²) in [5, 5.41) is 3.23. The zero-order chi connectivity index (χ0) is 23.8. The summed E-state index contributed by atoms with van der Waals surface area (Å²) in [6.07, 6.45) is -5.12. The quantitative estimate of drug-likeness (QED) is 0.551. The number of halogens is 5. The second-order valence-corrected chi connectivity index (χ2v) is 8.42. The molecule has 11 heteroatoms. The van der Waals surface area contributed by atoms with Gasteiger partial charge in [-0.1, -0.05) is 0 Å². The molecule has 4 atom stereocenters. The summed E-state index contributed by atoms with van der Waals surface area (Å²) in [6, 6.07) is 5.35. The van der Waals surface area contributed by atoms with E-state index in [0.717, 1.165) is 10.5 Å². The lowest BCUT2D eigenvalue weighted by molar-refractivity contribution is -0.177. The van der Waals surface area contributed by atoms with Crippen LogP contribution in [-0.4, -0.2) is 79.9 Å². The molecule has 2 aromatic rings. The van der Waals surface area contributed by atoms with Gasteiger partial charge < -0.3 is 15.1 Å². The van der Waals surface area contributed by atoms with Crippen LogP contribution in [0.25, 0.3) is 10.9 Å². The monoisotopic (exact) mass is 469 g/mol. The molecule has 0 saturated carbocycles. The summed E-state index contributed by atoms with van der Waals surface area (Å²) in [4.78, 5) is 23.4. The van der Waals surface area contributed by atoms with Gasteiger partial charge in [-0.3, -0.25) is 9.98 Å². The van der Waals surface area contributed by atoms with Gasteiger partial charge in [0.15, 0.2) is 12.3 Å². The van der Waals surface area contributed by atoms with Crippen LogP contribution in [0.15, 0.2) is 35.5 Å². The molecule has 2 saturated heterocycles. The number of hydrogen-bond acceptors (Lipinski definition) is 4. The number of aromatic nitrogens is 1. The van der Waals surface area contributed by atoms with Crippen LogP contribution in [0.3, 0.4) is 0 Å². The van der Waals surface area contributed by atoms with E-state index in [4.69, 9.17) is 0 Å². The van der Waals surface area contributed by atoms with Crippen molar-refractivity contribution in [3.63, 3.8) is 0 Å². The molecule has 3 heterocycles. The molecule has 2 amide bonds. The maximum atomic E-state index is 13.7. The first-order chi connectivity index (χ1) is 15.7. The number of fused-ring (bicyclic) bond motifs is 1. The van der Waals surface area contributed by atoms with E-state index in [1.54, 1.807) is 48.6 Å². The lowest BCUT2D eigenvalue weighted by Gasteiger charge is -2.40. The summed E-state index contributed by atoms with van der Waals surface area (Å²) in [7, 11) is 1.62. The third-order valence-electron chi connectivity index (χ3n) is 6.10. The van der Waals surface area contributed by atoms with Gasteiger partial charge in [0.1, 0.15) is 0 Å². The minimum atomic E-state index is -4.47. The molecule has 1 N–H and O–H groups in total. The fourth-order valence-corrected chi connectivity index (χ4v) is 4.49. The van der Waals surface area contributed by atoms with Crippen LogP contribution in [0.2, 0.25) is 0 Å². The van der Waals surface area contributed by atoms with Crippen LogP contribution >= 0.6 is 0 Å². The van der Waals surface area contributed by atoms with Gasteiger partial charge in [-0.05, 0) is 30.7 Å². The Labute approximate surface area is 187 Å². The van der Waals surface area contributed by atoms with E-state index >= 15 is 0 Å². The van der Waals surface area contributed by atoms with Crippen LogP contribution in [0.1, 0.15) is 12.0 Å². The molecule has 1 aromatic carbocycles. The number of hydrogen-bond donors (Lipinski definition) is 1. The summed E-state index contributed by atoms with van der Waals surface area (Å²) in [6.45, 7) is -0.981. The van der Waals surface area contributed by atoms with Gasteiger partial charge in [0.05, 0.1) is 24.5 Å². The second-order valence-electron chi connectivity index (χ2n) is 8.42. The van der Waals surface area contributed by atoms with Crippen molar-refractivity contribution in [3.05, 3.63) is 36.0 Å². The Kier molecular flexibility index (Phi) is 6.40. The number of pyridine rings is 1. The van der Waals surface area contributed by atoms with Crippen molar-refractivity contribution in [3.8, 4) is 0 Å². The number of benzene rings is 1. The molecule has 4 rings (SSSR count). The van der Waals surface area contributed by atoms with Crippen molar-refractivity contribution >= 4 is 28.8 Å². The van der Waals surface area contributed by atoms with Gasteiger partial charge in [0.2, 0.25) is 0 Å². The standard InChI is InChI=1S/C22H24F5N5O/c1-28-8-13-4-5-19(16-3-2-6-29-20(13)16)31-9-14(22(25,26)27)7-15(10-31)30-21(33)32-11-17(23)18(24)12-32/h2-6,8,14-15,17-18H,7,9-12H2,1H3,(H,30,33)/b28-8+/t14-,15+,17-,18+/m0/s1. The fraction of sp³-hybridized carbons (Fsp3) is 0.500. The van der Waals surface area contributed by atoms with E-state index in [1.165, 1.54) is 0 Å². The third-order valence-corrected chi connectivity index (χ3v) is 6.10. The highest BCUT2D eigenvalue weighted by molar-refractivity contribution is 6.03. The largest absolute Gasteiger partial charge is 0.393 e. The molecular weight excluding hydrogens is 445 g/mol. The zero-order valence-corrected chi connectivity index (χ0v) is 17.9. The first-order valence-electron chi connectivity index (χ1n) is 10.6. The van der Waals surface area contributed by atoms with E-state index in [2.05, 4.69) is 15.3 Å². The molecule has 2 aliphatic heterocycles. The number of nitrogens with one attached hydrogen (secondary N) is 1. The second kappa shape index (κ2) is 9.11. The Hall–Kier alpha value is -2.98. The van der Waals surface area contributed by atoms with Crippen LogP contribution in [-0.2, 0) is 0 Å². The number of alkyl halides is 5. The van der Waals surface area contributed by atoms with E-state index in [9.17, 15) is 26.7 Å². The average molecular weight is 469 g/mol. The zero-order valence-electron chi connectivity index (χ0n) is 17.9. The summed E-state index contributed by atoms with van der Waals surface area (Å²) in [5.41, 5.74) is 1.91. The Morgan fingerprint density at radius 1 is 1.15 bits per heavy atom. The molecule has 0 aliphatic carbocycles. The Bertz CT molecular complexity index is 1040. The van der Waals surface area contributed by atoms with E-state index in [1.807, 2.05) is 0 Å². The van der Waals surface area contributed by atoms with Crippen LogP contribution < -0.4 is 10.2 Å². The van der Waals surface area contributed by atoms with E-state index in [0.29, 0.717) is 16.6 Å². The van der Waals surface area contributed by atoms with Crippen LogP contribution in [0, 0.1) is 5.92 Å². The SMILES string of the molecule is C/N=C/c1ccc(N2C[C@H](NC(=O)N3C[C@@H](F)[C@@H](F)C3)C[C@H](C(F)(F)F)C2)c2cccnc12. The average Bonchev–Trinajstić information content (AvgIpc) is 3.12. The number of aliphatic imine (C=N–C) groups is 1. The fourth-order valence-electron chi connectivity index (χ4n) is 4.49. The molecule has 178 valence electrons. The van der Waals surface area contributed by atoms with Crippen LogP contribution in [0.5, 0.6) is 0 Å². The third kappa shape index (κ3) is 4.86. The first-order valence-corrected chi connectivity index (χ1v) is 10.6. The van der Waals surface area contributed by atoms with Crippen molar-refractivity contribution in [2.45, 2.75) is 31.0 Å². The van der Waals surface area contributed by atoms with Crippen molar-refractivity contribution in [1.29, 1.82) is 0 Å². The Morgan fingerprint density at radius 2 is 1.88 bits per heavy atom. The van der Waals surface area contributed by atoms with Crippen molar-refractivity contribution < 1.29 is 26.7 Å². The van der Waals surface area contributed by atoms with Crippen molar-refractivity contribution in [2.75, 3.05) is 38.1 Å². The molecule has 2 aliphatic rings. The molecule has 0 unspecified atom stereocenters. The lowest BCUT2D eigenvalue weighted by atomic mass is 9.92. The predicted molar refractivity (Wildman–Crippen MR) is 115 cm³/mol. The maximum Gasteiger partial charge on any atom is 0.393 e. The Balaban J connectivity index is 1.62. The van der Waals surface area contributed by atoms with Gasteiger partial charge in [-0.2, -0.15) is 13.2 Å². The van der Waals surface area contributed by atoms with Gasteiger partial charge in [0.25, 0.3) is 0 Å². The first kappa shape index (κ1) is 23.2. The molecule has 1 aromatic heterocycles. The number of carbonyl (C=O) groups excluding carboxylic acids is 1. The lowest BCUT2D eigenvalue weighted by Crippen LogP contribution is -2.56. The number of anilines is 1. The van der Waals surface area contributed by atoms with E-state index in [-0.39, 0.29) is 19.5 Å². The molecule has 33 heavy (non-hydrogen) atoms. The minimum Gasteiger partial charge on any atom is -0.368 e. The normalized spacial score (nSPS) is 26.4. The topological polar surface area (TPSA) is 60.8 Å². The van der Waals surface area contributed by atoms with Crippen molar-refractivity contribution in [1.82, 2.24) is 15.2 Å². The molecule has 0 bridgehead atoms. The predicted octanol–water partition coefficient (Wildman–Crippen LogP) is 3.74. The van der Waals surface area contributed by atoms with Crippen LogP contribution in [0.4, 0.5) is 32.4 Å². The minimum absolute atomic E-state index is 0.121. The highest BCUT2D eigenvalue weighted by atomic mass is 19.4. The molecule has 0 radical (unpaired) electrons. The molecule has 0 spiro atoms. The van der Waals surface area contributed by atoms with Crippen molar-refractivity contribution in [2.24, 2.45) is 10.9 Å². The van der Waals surface area contributed by atoms with Gasteiger partial charge in [-0.25, -0.2) is 13.6 Å². The summed E-state index contributed by atoms with van der Waals surface area (Å²) >= 11 is 0. The molecule has 6 nitrogen and oxygen atoms in total. The van der Waals surface area contributed by atoms with E-state index < -0.39 is 49.6 Å². The highest BCUT2D eigenvalue weighted by Gasteiger charge is 2.45. The number of piperidine rings is 1. The molecule has 2 fully saturated rings. The maximum absolute atomic E-state index is 13.7. The summed E-state index contributed by atoms with van der Waals surface area (Å²) < 4.78 is 68.2.